The zero-order valence-electron chi connectivity index (χ0n) is 15.5. The van der Waals surface area contributed by atoms with Crippen LogP contribution in [0.15, 0.2) is 97.1 Å². The monoisotopic (exact) mass is 549 g/mol. The first-order valence-electron chi connectivity index (χ1n) is 9.25. The van der Waals surface area contributed by atoms with Crippen LogP contribution in [0, 0.1) is 18.2 Å². The van der Waals surface area contributed by atoms with Crippen molar-refractivity contribution >= 4 is 10.8 Å². The summed E-state index contributed by atoms with van der Waals surface area (Å²) in [5.41, 5.74) is 6.00. The molecule has 0 unspecified atom stereocenters. The Morgan fingerprint density at radius 1 is 0.552 bits per heavy atom. The van der Waals surface area contributed by atoms with E-state index >= 15 is 0 Å². The van der Waals surface area contributed by atoms with Gasteiger partial charge in [0.25, 0.3) is 0 Å². The van der Waals surface area contributed by atoms with Crippen molar-refractivity contribution in [2.45, 2.75) is 0 Å². The Hall–Kier alpha value is -3.02. The van der Waals surface area contributed by atoms with Crippen molar-refractivity contribution in [1.82, 2.24) is 4.98 Å². The molecule has 0 saturated heterocycles. The number of hydrogen-bond acceptors (Lipinski definition) is 1. The van der Waals surface area contributed by atoms with Gasteiger partial charge < -0.3 is 4.98 Å². The SMILES string of the molecule is [Pt].[c-]1ccccc1-c1[c-]c2c(-c3cccc(-c4[c-]cccc4)n3)cccc2cc1. The van der Waals surface area contributed by atoms with Gasteiger partial charge in [-0.2, -0.15) is 42.0 Å². The van der Waals surface area contributed by atoms with E-state index in [9.17, 15) is 0 Å². The van der Waals surface area contributed by atoms with E-state index in [-0.39, 0.29) is 21.1 Å². The maximum atomic E-state index is 4.91. The molecule has 0 saturated carbocycles. The van der Waals surface area contributed by atoms with Crippen LogP contribution in [-0.4, -0.2) is 4.98 Å². The Balaban J connectivity index is 0.00000205. The predicted octanol–water partition coefficient (Wildman–Crippen LogP) is 6.63. The van der Waals surface area contributed by atoms with Crippen molar-refractivity contribution < 1.29 is 21.1 Å². The number of aromatic nitrogens is 1. The molecule has 1 nitrogen and oxygen atoms in total. The van der Waals surface area contributed by atoms with Crippen molar-refractivity contribution in [3.05, 3.63) is 115 Å². The molecule has 0 N–H and O–H groups in total. The third kappa shape index (κ3) is 3.92. The van der Waals surface area contributed by atoms with E-state index in [2.05, 4.69) is 60.7 Å². The number of benzene rings is 4. The summed E-state index contributed by atoms with van der Waals surface area (Å²) in [7, 11) is 0. The molecule has 0 atom stereocenters. The van der Waals surface area contributed by atoms with Crippen LogP contribution in [0.25, 0.3) is 44.4 Å². The Bertz CT molecular complexity index is 1250. The van der Waals surface area contributed by atoms with Crippen LogP contribution in [0.5, 0.6) is 0 Å². The van der Waals surface area contributed by atoms with Crippen LogP contribution in [0.2, 0.25) is 0 Å². The second kappa shape index (κ2) is 8.55. The van der Waals surface area contributed by atoms with E-state index in [1.165, 1.54) is 0 Å². The molecule has 29 heavy (non-hydrogen) atoms. The molecular formula is C27H16NPt-3. The Labute approximate surface area is 185 Å². The van der Waals surface area contributed by atoms with Crippen molar-refractivity contribution in [2.24, 2.45) is 0 Å². The molecule has 0 amide bonds. The molecule has 0 radical (unpaired) electrons. The van der Waals surface area contributed by atoms with Crippen LogP contribution < -0.4 is 0 Å². The van der Waals surface area contributed by atoms with Crippen LogP contribution in [0.3, 0.4) is 0 Å². The normalized spacial score (nSPS) is 10.5. The first-order valence-corrected chi connectivity index (χ1v) is 9.25. The summed E-state index contributed by atoms with van der Waals surface area (Å²) in [6.45, 7) is 0. The summed E-state index contributed by atoms with van der Waals surface area (Å²) < 4.78 is 0. The second-order valence-corrected chi connectivity index (χ2v) is 6.60. The smallest absolute Gasteiger partial charge is 0.0269 e. The van der Waals surface area contributed by atoms with Gasteiger partial charge in [-0.15, -0.1) is 53.4 Å². The van der Waals surface area contributed by atoms with Gasteiger partial charge in [-0.3, -0.25) is 0 Å². The summed E-state index contributed by atoms with van der Waals surface area (Å²) in [4.78, 5) is 4.91. The molecule has 0 fully saturated rings. The van der Waals surface area contributed by atoms with Gasteiger partial charge >= 0.3 is 0 Å². The van der Waals surface area contributed by atoms with Gasteiger partial charge in [0.05, 0.1) is 0 Å². The van der Waals surface area contributed by atoms with Crippen LogP contribution in [0.4, 0.5) is 0 Å². The Morgan fingerprint density at radius 3 is 2.03 bits per heavy atom. The quantitative estimate of drug-likeness (QED) is 0.230. The maximum Gasteiger partial charge on any atom is 0.0269 e. The van der Waals surface area contributed by atoms with Crippen molar-refractivity contribution in [1.29, 1.82) is 0 Å². The van der Waals surface area contributed by atoms with E-state index in [0.29, 0.717) is 0 Å². The zero-order chi connectivity index (χ0) is 18.8. The van der Waals surface area contributed by atoms with Crippen LogP contribution in [0.1, 0.15) is 0 Å². The molecule has 5 aromatic rings. The molecule has 5 rings (SSSR count). The molecule has 0 spiro atoms. The third-order valence-electron chi connectivity index (χ3n) is 4.80. The average molecular weight is 550 g/mol. The predicted molar refractivity (Wildman–Crippen MR) is 115 cm³/mol. The topological polar surface area (TPSA) is 12.9 Å². The number of rotatable bonds is 3. The average Bonchev–Trinajstić information content (AvgIpc) is 2.79. The van der Waals surface area contributed by atoms with E-state index < -0.39 is 0 Å². The molecular weight excluding hydrogens is 533 g/mol. The van der Waals surface area contributed by atoms with Crippen molar-refractivity contribution in [3.63, 3.8) is 0 Å². The van der Waals surface area contributed by atoms with E-state index in [4.69, 9.17) is 4.98 Å². The molecule has 0 aliphatic carbocycles. The fourth-order valence-electron chi connectivity index (χ4n) is 3.42. The van der Waals surface area contributed by atoms with Gasteiger partial charge in [-0.1, -0.05) is 41.3 Å². The first-order chi connectivity index (χ1) is 13.9. The molecule has 0 bridgehead atoms. The van der Waals surface area contributed by atoms with Crippen LogP contribution >= 0.6 is 0 Å². The van der Waals surface area contributed by atoms with Gasteiger partial charge in [0.2, 0.25) is 0 Å². The van der Waals surface area contributed by atoms with Gasteiger partial charge in [-0.05, 0) is 11.8 Å². The summed E-state index contributed by atoms with van der Waals surface area (Å²) in [5, 5.41) is 2.22. The minimum Gasteiger partial charge on any atom is -0.304 e. The number of fused-ring (bicyclic) bond motifs is 1. The summed E-state index contributed by atoms with van der Waals surface area (Å²) in [6.07, 6.45) is 0. The number of hydrogen-bond donors (Lipinski definition) is 0. The third-order valence-corrected chi connectivity index (χ3v) is 4.80. The Kier molecular flexibility index (Phi) is 5.69. The standard InChI is InChI=1S/C27H16N.Pt/c1-3-9-20(10-4-1)23-18-17-21-13-7-14-24(25(21)19-23)27-16-8-15-26(28-27)22-11-5-2-6-12-22;/h1-9,11,13-18H;/q-3;. The molecule has 0 aliphatic heterocycles. The molecule has 1 aromatic heterocycles. The minimum absolute atomic E-state index is 0. The molecule has 142 valence electrons. The van der Waals surface area contributed by atoms with Crippen LogP contribution in [-0.2, 0) is 21.1 Å². The van der Waals surface area contributed by atoms with E-state index in [1.807, 2.05) is 54.6 Å². The van der Waals surface area contributed by atoms with Gasteiger partial charge in [-0.25, -0.2) is 5.56 Å². The fourth-order valence-corrected chi connectivity index (χ4v) is 3.42. The number of nitrogens with zero attached hydrogens (tertiary/aromatic N) is 1. The largest absolute Gasteiger partial charge is 0.304 e. The Morgan fingerprint density at radius 2 is 1.28 bits per heavy atom. The molecule has 4 aromatic carbocycles. The maximum absolute atomic E-state index is 4.91. The fraction of sp³-hybridized carbons (Fsp3) is 0. The summed E-state index contributed by atoms with van der Waals surface area (Å²) >= 11 is 0. The molecule has 0 aliphatic rings. The van der Waals surface area contributed by atoms with Crippen molar-refractivity contribution in [3.8, 4) is 33.6 Å². The van der Waals surface area contributed by atoms with E-state index in [1.54, 1.807) is 0 Å². The first kappa shape index (κ1) is 19.3. The summed E-state index contributed by atoms with van der Waals surface area (Å²) in [6, 6.07) is 42.7. The van der Waals surface area contributed by atoms with Gasteiger partial charge in [0, 0.05) is 26.8 Å². The summed E-state index contributed by atoms with van der Waals surface area (Å²) in [5.74, 6) is 0. The van der Waals surface area contributed by atoms with Gasteiger partial charge in [0.1, 0.15) is 0 Å². The molecule has 2 heteroatoms. The molecule has 1 heterocycles. The minimum atomic E-state index is 0. The zero-order valence-corrected chi connectivity index (χ0v) is 17.8. The second-order valence-electron chi connectivity index (χ2n) is 6.60. The van der Waals surface area contributed by atoms with Crippen molar-refractivity contribution in [2.75, 3.05) is 0 Å². The number of pyridine rings is 1. The van der Waals surface area contributed by atoms with E-state index in [0.717, 1.165) is 44.4 Å². The van der Waals surface area contributed by atoms with Gasteiger partial charge in [0.15, 0.2) is 0 Å².